The summed E-state index contributed by atoms with van der Waals surface area (Å²) in [6.45, 7) is 7.68. The second kappa shape index (κ2) is 8.32. The van der Waals surface area contributed by atoms with Crippen molar-refractivity contribution in [1.29, 1.82) is 0 Å². The Morgan fingerprint density at radius 1 is 1.50 bits per heavy atom. The first-order chi connectivity index (χ1) is 13.1. The lowest BCUT2D eigenvalue weighted by Crippen LogP contribution is -2.39. The summed E-state index contributed by atoms with van der Waals surface area (Å²) < 4.78 is 6.28. The van der Waals surface area contributed by atoms with Crippen molar-refractivity contribution in [1.82, 2.24) is 9.55 Å². The number of allylic oxidation sites excluding steroid dienone is 1. The Morgan fingerprint density at radius 2 is 2.14 bits per heavy atom. The number of hydrogen-bond acceptors (Lipinski definition) is 7. The molecule has 2 rings (SSSR count). The number of carbonyl (C=O) groups excluding carboxylic acids is 1. The van der Waals surface area contributed by atoms with Crippen LogP contribution >= 0.6 is 0 Å². The normalized spacial score (nSPS) is 13.6. The molecule has 28 heavy (non-hydrogen) atoms. The van der Waals surface area contributed by atoms with E-state index in [1.807, 2.05) is 13.8 Å². The number of benzene rings is 1. The summed E-state index contributed by atoms with van der Waals surface area (Å²) in [4.78, 5) is 26.9. The van der Waals surface area contributed by atoms with Crippen LogP contribution in [0.1, 0.15) is 36.9 Å². The first-order valence-electron chi connectivity index (χ1n) is 8.57. The molecule has 1 aromatic carbocycles. The molecule has 1 heterocycles. The highest BCUT2D eigenvalue weighted by Crippen LogP contribution is 2.33. The molecule has 150 valence electrons. The van der Waals surface area contributed by atoms with Gasteiger partial charge < -0.3 is 20.1 Å². The van der Waals surface area contributed by atoms with Gasteiger partial charge in [0.1, 0.15) is 12.1 Å². The van der Waals surface area contributed by atoms with Gasteiger partial charge in [-0.25, -0.2) is 4.98 Å². The summed E-state index contributed by atoms with van der Waals surface area (Å²) in [6.07, 6.45) is 1.72. The minimum Gasteiger partial charge on any atom is -0.468 e. The molecule has 0 fully saturated rings. The highest BCUT2D eigenvalue weighted by molar-refractivity contribution is 5.76. The van der Waals surface area contributed by atoms with Crippen LogP contribution in [0.2, 0.25) is 0 Å². The Kier molecular flexibility index (Phi) is 6.32. The van der Waals surface area contributed by atoms with E-state index in [1.165, 1.54) is 19.5 Å². The van der Waals surface area contributed by atoms with Gasteiger partial charge in [-0.3, -0.25) is 14.9 Å². The Morgan fingerprint density at radius 3 is 2.71 bits per heavy atom. The second-order valence-corrected chi connectivity index (χ2v) is 6.91. The number of rotatable bonds is 8. The molecule has 2 unspecified atom stereocenters. The van der Waals surface area contributed by atoms with E-state index in [1.54, 1.807) is 28.8 Å². The third-order valence-electron chi connectivity index (χ3n) is 4.61. The molecule has 0 radical (unpaired) electrons. The average molecular weight is 388 g/mol. The molecule has 9 heteroatoms. The number of imidazole rings is 1. The number of aromatic nitrogens is 2. The predicted octanol–water partition coefficient (Wildman–Crippen LogP) is 1.84. The SMILES string of the molecule is C=CC(C)(C)c1c(C(O)C(N)C(=O)OC)ncn1Cc1ccccc1[N+](=O)[O-]. The molecule has 1 aromatic heterocycles. The van der Waals surface area contributed by atoms with Crippen molar-refractivity contribution in [2.45, 2.75) is 38.0 Å². The van der Waals surface area contributed by atoms with E-state index in [2.05, 4.69) is 16.3 Å². The molecular weight excluding hydrogens is 364 g/mol. The van der Waals surface area contributed by atoms with Gasteiger partial charge in [0.25, 0.3) is 5.69 Å². The van der Waals surface area contributed by atoms with E-state index < -0.39 is 28.5 Å². The van der Waals surface area contributed by atoms with Gasteiger partial charge in [0.05, 0.1) is 36.3 Å². The van der Waals surface area contributed by atoms with Crippen LogP contribution in [-0.2, 0) is 21.5 Å². The lowest BCUT2D eigenvalue weighted by molar-refractivity contribution is -0.385. The number of nitro benzene ring substituents is 1. The van der Waals surface area contributed by atoms with Crippen LogP contribution in [0.5, 0.6) is 0 Å². The minimum atomic E-state index is -1.41. The Labute approximate surface area is 162 Å². The molecule has 0 saturated heterocycles. The molecular formula is C19H24N4O5. The lowest BCUT2D eigenvalue weighted by Gasteiger charge is -2.26. The van der Waals surface area contributed by atoms with Gasteiger partial charge in [-0.05, 0) is 0 Å². The number of para-hydroxylation sites is 1. The van der Waals surface area contributed by atoms with E-state index in [0.29, 0.717) is 11.3 Å². The molecule has 0 aliphatic carbocycles. The van der Waals surface area contributed by atoms with Crippen LogP contribution < -0.4 is 5.73 Å². The highest BCUT2D eigenvalue weighted by Gasteiger charge is 2.34. The van der Waals surface area contributed by atoms with Crippen molar-refractivity contribution in [3.05, 3.63) is 70.3 Å². The zero-order valence-corrected chi connectivity index (χ0v) is 16.0. The molecule has 2 aromatic rings. The van der Waals surface area contributed by atoms with Crippen LogP contribution in [-0.4, -0.2) is 38.7 Å². The standard InChI is InChI=1S/C19H24N4O5/c1-5-19(2,3)17-15(16(24)14(20)18(25)28-4)21-11-22(17)10-12-8-6-7-9-13(12)23(26)27/h5-9,11,14,16,24H,1,10,20H2,2-4H3. The minimum absolute atomic E-state index is 0.0214. The fourth-order valence-electron chi connectivity index (χ4n) is 2.97. The molecule has 0 saturated carbocycles. The van der Waals surface area contributed by atoms with Crippen molar-refractivity contribution in [2.75, 3.05) is 7.11 Å². The molecule has 0 aliphatic heterocycles. The predicted molar refractivity (Wildman–Crippen MR) is 103 cm³/mol. The zero-order chi connectivity index (χ0) is 21.1. The molecule has 0 aliphatic rings. The van der Waals surface area contributed by atoms with Crippen LogP contribution in [0, 0.1) is 10.1 Å². The first-order valence-corrected chi connectivity index (χ1v) is 8.57. The van der Waals surface area contributed by atoms with Gasteiger partial charge in [-0.1, -0.05) is 38.1 Å². The molecule has 3 N–H and O–H groups in total. The summed E-state index contributed by atoms with van der Waals surface area (Å²) in [5, 5.41) is 21.9. The number of aliphatic hydroxyl groups is 1. The maximum atomic E-state index is 11.7. The first kappa shape index (κ1) is 21.3. The Balaban J connectivity index is 2.55. The van der Waals surface area contributed by atoms with Gasteiger partial charge >= 0.3 is 5.97 Å². The number of nitrogens with zero attached hydrogens (tertiary/aromatic N) is 3. The van der Waals surface area contributed by atoms with Crippen molar-refractivity contribution in [3.63, 3.8) is 0 Å². The van der Waals surface area contributed by atoms with Gasteiger partial charge in [-0.2, -0.15) is 0 Å². The van der Waals surface area contributed by atoms with Gasteiger partial charge in [0, 0.05) is 17.0 Å². The largest absolute Gasteiger partial charge is 0.468 e. The van der Waals surface area contributed by atoms with E-state index in [0.717, 1.165) is 0 Å². The highest BCUT2D eigenvalue weighted by atomic mass is 16.6. The quantitative estimate of drug-likeness (QED) is 0.305. The average Bonchev–Trinajstić information content (AvgIpc) is 3.10. The smallest absolute Gasteiger partial charge is 0.325 e. The number of carbonyl (C=O) groups is 1. The monoisotopic (exact) mass is 388 g/mol. The van der Waals surface area contributed by atoms with Gasteiger partial charge in [-0.15, -0.1) is 6.58 Å². The number of aliphatic hydroxyl groups excluding tert-OH is 1. The van der Waals surface area contributed by atoms with Crippen molar-refractivity contribution < 1.29 is 19.6 Å². The van der Waals surface area contributed by atoms with Crippen molar-refractivity contribution in [3.8, 4) is 0 Å². The van der Waals surface area contributed by atoms with Crippen molar-refractivity contribution >= 4 is 11.7 Å². The van der Waals surface area contributed by atoms with E-state index in [9.17, 15) is 20.0 Å². The second-order valence-electron chi connectivity index (χ2n) is 6.91. The van der Waals surface area contributed by atoms with Gasteiger partial charge in [0.2, 0.25) is 0 Å². The van der Waals surface area contributed by atoms with E-state index in [4.69, 9.17) is 5.73 Å². The molecule has 2 atom stereocenters. The lowest BCUT2D eigenvalue weighted by atomic mass is 9.86. The molecule has 0 amide bonds. The number of ether oxygens (including phenoxy) is 1. The number of hydrogen-bond donors (Lipinski definition) is 2. The maximum absolute atomic E-state index is 11.7. The number of nitrogens with two attached hydrogens (primary N) is 1. The third-order valence-corrected chi connectivity index (χ3v) is 4.61. The van der Waals surface area contributed by atoms with Crippen molar-refractivity contribution in [2.24, 2.45) is 5.73 Å². The van der Waals surface area contributed by atoms with Crippen LogP contribution in [0.25, 0.3) is 0 Å². The van der Waals surface area contributed by atoms with E-state index in [-0.39, 0.29) is 17.9 Å². The third kappa shape index (κ3) is 4.10. The molecule has 0 spiro atoms. The van der Waals surface area contributed by atoms with E-state index >= 15 is 0 Å². The Bertz CT molecular complexity index is 890. The zero-order valence-electron chi connectivity index (χ0n) is 16.0. The summed E-state index contributed by atoms with van der Waals surface area (Å²) in [6, 6.07) is 5.06. The topological polar surface area (TPSA) is 134 Å². The summed E-state index contributed by atoms with van der Waals surface area (Å²) in [5.41, 5.74) is 6.33. The van der Waals surface area contributed by atoms with Crippen LogP contribution in [0.15, 0.2) is 43.2 Å². The summed E-state index contributed by atoms with van der Waals surface area (Å²) in [7, 11) is 1.18. The van der Waals surface area contributed by atoms with Gasteiger partial charge in [0.15, 0.2) is 0 Å². The summed E-state index contributed by atoms with van der Waals surface area (Å²) in [5.74, 6) is -0.775. The molecule has 9 nitrogen and oxygen atoms in total. The number of nitro groups is 1. The van der Waals surface area contributed by atoms with Crippen LogP contribution in [0.3, 0.4) is 0 Å². The summed E-state index contributed by atoms with van der Waals surface area (Å²) >= 11 is 0. The Hall–Kier alpha value is -3.04. The maximum Gasteiger partial charge on any atom is 0.325 e. The number of esters is 1. The number of methoxy groups -OCH3 is 1. The molecule has 0 bridgehead atoms. The fourth-order valence-corrected chi connectivity index (χ4v) is 2.97. The fraction of sp³-hybridized carbons (Fsp3) is 0.368. The van der Waals surface area contributed by atoms with Crippen LogP contribution in [0.4, 0.5) is 5.69 Å².